The molecule has 3 atom stereocenters. The zero-order valence-corrected chi connectivity index (χ0v) is 13.7. The highest BCUT2D eigenvalue weighted by Crippen LogP contribution is 2.41. The molecule has 7 heteroatoms. The van der Waals surface area contributed by atoms with Crippen molar-refractivity contribution in [2.24, 2.45) is 5.92 Å². The van der Waals surface area contributed by atoms with Crippen molar-refractivity contribution in [3.63, 3.8) is 0 Å². The summed E-state index contributed by atoms with van der Waals surface area (Å²) in [6, 6.07) is 4.20. The molecule has 7 nitrogen and oxygen atoms in total. The molecule has 1 aromatic carbocycles. The van der Waals surface area contributed by atoms with Crippen LogP contribution in [0.1, 0.15) is 37.7 Å². The number of nitro groups is 1. The van der Waals surface area contributed by atoms with Crippen LogP contribution in [0.3, 0.4) is 0 Å². The molecule has 1 saturated heterocycles. The van der Waals surface area contributed by atoms with Crippen LogP contribution in [0, 0.1) is 16.0 Å². The Kier molecular flexibility index (Phi) is 4.71. The van der Waals surface area contributed by atoms with Crippen LogP contribution < -0.4 is 4.74 Å². The number of nitrogens with zero attached hydrogens (tertiary/aromatic N) is 2. The van der Waals surface area contributed by atoms with Crippen LogP contribution >= 0.6 is 0 Å². The quantitative estimate of drug-likeness (QED) is 0.657. The number of hydrogen-bond donors (Lipinski definition) is 1. The normalized spacial score (nSPS) is 26.8. The van der Waals surface area contributed by atoms with Crippen molar-refractivity contribution < 1.29 is 19.6 Å². The Bertz CT molecular complexity index is 648. The van der Waals surface area contributed by atoms with Crippen molar-refractivity contribution in [1.82, 2.24) is 4.90 Å². The number of fused-ring (bicyclic) bond motifs is 1. The van der Waals surface area contributed by atoms with Crippen LogP contribution in [-0.2, 0) is 11.3 Å². The zero-order chi connectivity index (χ0) is 17.3. The van der Waals surface area contributed by atoms with Gasteiger partial charge in [0.1, 0.15) is 11.8 Å². The fourth-order valence-corrected chi connectivity index (χ4v) is 4.22. The van der Waals surface area contributed by atoms with E-state index in [1.807, 2.05) is 4.90 Å². The SMILES string of the molecule is COc1ccc([N+](=O)[O-])cc1CN1C(C(=O)O)CC2CCCCC21. The van der Waals surface area contributed by atoms with Crippen molar-refractivity contribution in [2.45, 2.75) is 50.7 Å². The first kappa shape index (κ1) is 16.7. The van der Waals surface area contributed by atoms with E-state index in [1.165, 1.54) is 19.2 Å². The molecule has 1 aliphatic carbocycles. The summed E-state index contributed by atoms with van der Waals surface area (Å²) in [5.74, 6) is 0.155. The van der Waals surface area contributed by atoms with Gasteiger partial charge in [-0.1, -0.05) is 12.8 Å². The van der Waals surface area contributed by atoms with E-state index in [1.54, 1.807) is 6.07 Å². The molecule has 0 bridgehead atoms. The van der Waals surface area contributed by atoms with Gasteiger partial charge in [-0.2, -0.15) is 0 Å². The van der Waals surface area contributed by atoms with E-state index < -0.39 is 16.9 Å². The molecule has 2 aliphatic rings. The maximum atomic E-state index is 11.7. The highest BCUT2D eigenvalue weighted by molar-refractivity contribution is 5.74. The summed E-state index contributed by atoms with van der Waals surface area (Å²) in [6.45, 7) is 0.364. The van der Waals surface area contributed by atoms with Gasteiger partial charge < -0.3 is 9.84 Å². The Labute approximate surface area is 140 Å². The molecule has 0 amide bonds. The lowest BCUT2D eigenvalue weighted by atomic mass is 9.84. The van der Waals surface area contributed by atoms with Crippen molar-refractivity contribution in [1.29, 1.82) is 0 Å². The van der Waals surface area contributed by atoms with Crippen molar-refractivity contribution in [3.8, 4) is 5.75 Å². The van der Waals surface area contributed by atoms with E-state index in [0.29, 0.717) is 30.2 Å². The molecule has 0 spiro atoms. The predicted molar refractivity (Wildman–Crippen MR) is 87.0 cm³/mol. The number of likely N-dealkylation sites (tertiary alicyclic amines) is 1. The number of methoxy groups -OCH3 is 1. The van der Waals surface area contributed by atoms with Crippen LogP contribution in [0.2, 0.25) is 0 Å². The van der Waals surface area contributed by atoms with Crippen LogP contribution in [0.25, 0.3) is 0 Å². The topological polar surface area (TPSA) is 92.9 Å². The monoisotopic (exact) mass is 334 g/mol. The lowest BCUT2D eigenvalue weighted by Crippen LogP contribution is -2.41. The van der Waals surface area contributed by atoms with Gasteiger partial charge >= 0.3 is 5.97 Å². The lowest BCUT2D eigenvalue weighted by molar-refractivity contribution is -0.385. The Morgan fingerprint density at radius 1 is 1.42 bits per heavy atom. The average Bonchev–Trinajstić information content (AvgIpc) is 2.94. The minimum absolute atomic E-state index is 0.00272. The number of carboxylic acids is 1. The Hall–Kier alpha value is -2.15. The molecule has 1 saturated carbocycles. The molecule has 24 heavy (non-hydrogen) atoms. The molecule has 3 rings (SSSR count). The van der Waals surface area contributed by atoms with E-state index in [2.05, 4.69) is 0 Å². The van der Waals surface area contributed by atoms with Crippen molar-refractivity contribution >= 4 is 11.7 Å². The first-order chi connectivity index (χ1) is 11.5. The van der Waals surface area contributed by atoms with Gasteiger partial charge in [0.25, 0.3) is 5.69 Å². The summed E-state index contributed by atoms with van der Waals surface area (Å²) >= 11 is 0. The number of hydrogen-bond acceptors (Lipinski definition) is 5. The minimum atomic E-state index is -0.811. The summed E-state index contributed by atoms with van der Waals surface area (Å²) in [5.41, 5.74) is 0.668. The largest absolute Gasteiger partial charge is 0.496 e. The second-order valence-corrected chi connectivity index (χ2v) is 6.63. The predicted octanol–water partition coefficient (Wildman–Crippen LogP) is 2.82. The van der Waals surface area contributed by atoms with E-state index in [4.69, 9.17) is 4.74 Å². The van der Waals surface area contributed by atoms with E-state index >= 15 is 0 Å². The first-order valence-corrected chi connectivity index (χ1v) is 8.31. The number of ether oxygens (including phenoxy) is 1. The molecule has 1 heterocycles. The number of nitro benzene ring substituents is 1. The molecule has 130 valence electrons. The second kappa shape index (κ2) is 6.76. The fraction of sp³-hybridized carbons (Fsp3) is 0.588. The number of carbonyl (C=O) groups is 1. The smallest absolute Gasteiger partial charge is 0.320 e. The van der Waals surface area contributed by atoms with E-state index in [0.717, 1.165) is 25.7 Å². The van der Waals surface area contributed by atoms with Crippen LogP contribution in [-0.4, -0.2) is 40.1 Å². The lowest BCUT2D eigenvalue weighted by Gasteiger charge is -2.33. The molecule has 1 aromatic rings. The number of non-ortho nitro benzene ring substituents is 1. The third kappa shape index (κ3) is 3.08. The third-order valence-electron chi connectivity index (χ3n) is 5.33. The van der Waals surface area contributed by atoms with Crippen LogP contribution in [0.4, 0.5) is 5.69 Å². The minimum Gasteiger partial charge on any atom is -0.496 e. The molecular formula is C17H22N2O5. The maximum Gasteiger partial charge on any atom is 0.320 e. The second-order valence-electron chi connectivity index (χ2n) is 6.63. The molecule has 2 fully saturated rings. The third-order valence-corrected chi connectivity index (χ3v) is 5.33. The standard InChI is InChI=1S/C17H22N2O5/c1-24-16-7-6-13(19(22)23)8-12(16)10-18-14-5-3-2-4-11(14)9-15(18)17(20)21/h6-8,11,14-15H,2-5,9-10H2,1H3,(H,20,21). The Morgan fingerprint density at radius 3 is 2.83 bits per heavy atom. The molecule has 1 N–H and O–H groups in total. The fourth-order valence-electron chi connectivity index (χ4n) is 4.22. The van der Waals surface area contributed by atoms with Gasteiger partial charge in [-0.15, -0.1) is 0 Å². The summed E-state index contributed by atoms with van der Waals surface area (Å²) in [4.78, 5) is 24.3. The highest BCUT2D eigenvalue weighted by atomic mass is 16.6. The van der Waals surface area contributed by atoms with Crippen molar-refractivity contribution in [2.75, 3.05) is 7.11 Å². The summed E-state index contributed by atoms with van der Waals surface area (Å²) in [7, 11) is 1.52. The molecule has 3 unspecified atom stereocenters. The zero-order valence-electron chi connectivity index (χ0n) is 13.7. The number of aliphatic carboxylic acids is 1. The van der Waals surface area contributed by atoms with Gasteiger partial charge in [0.15, 0.2) is 0 Å². The summed E-state index contributed by atoms with van der Waals surface area (Å²) in [6.07, 6.45) is 4.98. The van der Waals surface area contributed by atoms with Crippen LogP contribution in [0.15, 0.2) is 18.2 Å². The molecule has 0 radical (unpaired) electrons. The maximum absolute atomic E-state index is 11.7. The van der Waals surface area contributed by atoms with Gasteiger partial charge in [-0.05, 0) is 31.2 Å². The average molecular weight is 334 g/mol. The highest BCUT2D eigenvalue weighted by Gasteiger charge is 2.45. The summed E-state index contributed by atoms with van der Waals surface area (Å²) < 4.78 is 5.33. The molecular weight excluding hydrogens is 312 g/mol. The first-order valence-electron chi connectivity index (χ1n) is 8.31. The van der Waals surface area contributed by atoms with Gasteiger partial charge in [0, 0.05) is 30.3 Å². The number of carboxylic acid groups (broad SMARTS) is 1. The van der Waals surface area contributed by atoms with Crippen molar-refractivity contribution in [3.05, 3.63) is 33.9 Å². The Balaban J connectivity index is 1.91. The van der Waals surface area contributed by atoms with E-state index in [9.17, 15) is 20.0 Å². The van der Waals surface area contributed by atoms with Gasteiger partial charge in [-0.3, -0.25) is 19.8 Å². The van der Waals surface area contributed by atoms with Crippen LogP contribution in [0.5, 0.6) is 5.75 Å². The van der Waals surface area contributed by atoms with Gasteiger partial charge in [0.2, 0.25) is 0 Å². The molecule has 1 aliphatic heterocycles. The van der Waals surface area contributed by atoms with E-state index in [-0.39, 0.29) is 11.7 Å². The number of benzene rings is 1. The van der Waals surface area contributed by atoms with Gasteiger partial charge in [0.05, 0.1) is 12.0 Å². The molecule has 0 aromatic heterocycles. The van der Waals surface area contributed by atoms with Gasteiger partial charge in [-0.25, -0.2) is 0 Å². The Morgan fingerprint density at radius 2 is 2.17 bits per heavy atom. The number of rotatable bonds is 5. The summed E-state index contributed by atoms with van der Waals surface area (Å²) in [5, 5.41) is 20.6.